The van der Waals surface area contributed by atoms with E-state index in [0.29, 0.717) is 17.8 Å². The van der Waals surface area contributed by atoms with Gasteiger partial charge in [0.2, 0.25) is 11.8 Å². The summed E-state index contributed by atoms with van der Waals surface area (Å²) in [4.78, 5) is 43.7. The van der Waals surface area contributed by atoms with Crippen LogP contribution in [0.25, 0.3) is 0 Å². The lowest BCUT2D eigenvalue weighted by Gasteiger charge is -2.37. The van der Waals surface area contributed by atoms with Crippen molar-refractivity contribution in [1.82, 2.24) is 15.1 Å². The molecule has 0 bridgehead atoms. The Morgan fingerprint density at radius 3 is 2.57 bits per heavy atom. The van der Waals surface area contributed by atoms with Gasteiger partial charge in [-0.05, 0) is 24.6 Å². The number of benzene rings is 1. The highest BCUT2D eigenvalue weighted by Crippen LogP contribution is 2.62. The molecule has 1 saturated heterocycles. The minimum absolute atomic E-state index is 0.0949. The second kappa shape index (κ2) is 7.46. The van der Waals surface area contributed by atoms with Crippen molar-refractivity contribution in [2.75, 3.05) is 51.6 Å². The van der Waals surface area contributed by atoms with Crippen molar-refractivity contribution in [1.29, 1.82) is 0 Å². The zero-order valence-electron chi connectivity index (χ0n) is 18.3. The molecule has 2 amide bonds. The quantitative estimate of drug-likeness (QED) is 0.765. The van der Waals surface area contributed by atoms with Crippen molar-refractivity contribution in [3.8, 4) is 0 Å². The van der Waals surface area contributed by atoms with E-state index in [2.05, 4.69) is 41.3 Å². The third-order valence-corrected chi connectivity index (χ3v) is 6.99. The molecule has 1 aromatic carbocycles. The summed E-state index contributed by atoms with van der Waals surface area (Å²) in [7, 11) is 2.14. The van der Waals surface area contributed by atoms with Crippen LogP contribution in [-0.4, -0.2) is 73.7 Å². The van der Waals surface area contributed by atoms with Crippen molar-refractivity contribution < 1.29 is 14.4 Å². The van der Waals surface area contributed by atoms with Crippen LogP contribution in [0.15, 0.2) is 24.3 Å². The second-order valence-corrected chi connectivity index (χ2v) is 10.1. The Labute approximate surface area is 178 Å². The number of carbonyl (C=O) groups excluding carboxylic acids is 3. The normalized spacial score (nSPS) is 29.5. The number of carbonyl (C=O) groups is 3. The van der Waals surface area contributed by atoms with Gasteiger partial charge in [-0.2, -0.15) is 0 Å². The molecule has 162 valence electrons. The summed E-state index contributed by atoms with van der Waals surface area (Å²) in [6, 6.07) is 7.02. The number of piperazine rings is 1. The summed E-state index contributed by atoms with van der Waals surface area (Å²) < 4.78 is 0. The molecule has 2 fully saturated rings. The maximum absolute atomic E-state index is 13.2. The molecule has 2 heterocycles. The Balaban J connectivity index is 1.40. The first kappa shape index (κ1) is 21.0. The standard InChI is InChI=1S/C23H32N4O3/c1-22(2,14-27-11-9-26(4)10-12-27)13-24-20(29)17-18-21(30)25-16-8-6-5-7-15(16)19(28)23(17,18)3/h5-8,17-18H,9-14H2,1-4H3,(H,24,29)(H,25,30)/t17-,18-,23+/m0/s1. The number of rotatable bonds is 5. The predicted octanol–water partition coefficient (Wildman–Crippen LogP) is 1.46. The molecule has 2 aliphatic heterocycles. The molecule has 0 spiro atoms. The molecule has 1 aliphatic carbocycles. The Bertz CT molecular complexity index is 875. The van der Waals surface area contributed by atoms with Gasteiger partial charge in [-0.1, -0.05) is 32.9 Å². The number of hydrogen-bond acceptors (Lipinski definition) is 5. The molecule has 30 heavy (non-hydrogen) atoms. The maximum atomic E-state index is 13.2. The Hall–Kier alpha value is -2.25. The van der Waals surface area contributed by atoms with Crippen LogP contribution in [0.5, 0.6) is 0 Å². The SMILES string of the molecule is CN1CCN(CC(C)(C)CNC(=O)[C@@H]2[C@H]3C(=O)Nc4ccccc4C(=O)[C@]23C)CC1. The van der Waals surface area contributed by atoms with Gasteiger partial charge in [0.05, 0.1) is 22.9 Å². The number of anilines is 1. The van der Waals surface area contributed by atoms with Crippen molar-refractivity contribution in [3.63, 3.8) is 0 Å². The number of amides is 2. The molecule has 7 heteroatoms. The Kier molecular flexibility index (Phi) is 5.22. The van der Waals surface area contributed by atoms with Gasteiger partial charge in [-0.25, -0.2) is 0 Å². The number of ketones is 1. The van der Waals surface area contributed by atoms with E-state index in [0.717, 1.165) is 32.7 Å². The van der Waals surface area contributed by atoms with Crippen LogP contribution in [0.2, 0.25) is 0 Å². The summed E-state index contributed by atoms with van der Waals surface area (Å²) in [5, 5.41) is 5.88. The lowest BCUT2D eigenvalue weighted by molar-refractivity contribution is -0.125. The minimum atomic E-state index is -0.970. The number of likely N-dealkylation sites (N-methyl/N-ethyl adjacent to an activating group) is 1. The molecule has 0 unspecified atom stereocenters. The lowest BCUT2D eigenvalue weighted by Crippen LogP contribution is -2.50. The fraction of sp³-hybridized carbons (Fsp3) is 0.609. The summed E-state index contributed by atoms with van der Waals surface area (Å²) in [5.41, 5.74) is -0.0417. The van der Waals surface area contributed by atoms with E-state index in [1.54, 1.807) is 31.2 Å². The van der Waals surface area contributed by atoms with E-state index >= 15 is 0 Å². The predicted molar refractivity (Wildman–Crippen MR) is 115 cm³/mol. The first-order valence-electron chi connectivity index (χ1n) is 10.8. The first-order chi connectivity index (χ1) is 14.1. The summed E-state index contributed by atoms with van der Waals surface area (Å²) in [6.07, 6.45) is 0. The Morgan fingerprint density at radius 2 is 1.87 bits per heavy atom. The summed E-state index contributed by atoms with van der Waals surface area (Å²) >= 11 is 0. The number of Topliss-reactive ketones (excluding diaryl/α,β-unsaturated/α-hetero) is 1. The second-order valence-electron chi connectivity index (χ2n) is 10.1. The van der Waals surface area contributed by atoms with Gasteiger partial charge < -0.3 is 20.4 Å². The van der Waals surface area contributed by atoms with Gasteiger partial charge in [0.15, 0.2) is 5.78 Å². The van der Waals surface area contributed by atoms with Gasteiger partial charge in [0.25, 0.3) is 0 Å². The average molecular weight is 413 g/mol. The topological polar surface area (TPSA) is 81.8 Å². The minimum Gasteiger partial charge on any atom is -0.355 e. The number of hydrogen-bond donors (Lipinski definition) is 2. The van der Waals surface area contributed by atoms with Gasteiger partial charge in [-0.15, -0.1) is 0 Å². The molecule has 7 nitrogen and oxygen atoms in total. The molecule has 4 rings (SSSR count). The lowest BCUT2D eigenvalue weighted by atomic mass is 9.91. The number of fused-ring (bicyclic) bond motifs is 2. The van der Waals surface area contributed by atoms with Crippen LogP contribution in [0, 0.1) is 22.7 Å². The number of nitrogens with one attached hydrogen (secondary N) is 2. The monoisotopic (exact) mass is 412 g/mol. The molecule has 1 aromatic rings. The van der Waals surface area contributed by atoms with E-state index in [-0.39, 0.29) is 23.0 Å². The summed E-state index contributed by atoms with van der Waals surface area (Å²) in [5.74, 6) is -1.79. The van der Waals surface area contributed by atoms with Gasteiger partial charge in [0.1, 0.15) is 0 Å². The molecule has 1 saturated carbocycles. The zero-order valence-corrected chi connectivity index (χ0v) is 18.3. The van der Waals surface area contributed by atoms with Crippen molar-refractivity contribution >= 4 is 23.3 Å². The van der Waals surface area contributed by atoms with Crippen molar-refractivity contribution in [3.05, 3.63) is 29.8 Å². The highest BCUT2D eigenvalue weighted by Gasteiger charge is 2.73. The third kappa shape index (κ3) is 3.65. The highest BCUT2D eigenvalue weighted by molar-refractivity contribution is 6.19. The molecule has 2 N–H and O–H groups in total. The van der Waals surface area contributed by atoms with E-state index in [1.165, 1.54) is 0 Å². The average Bonchev–Trinajstić information content (AvgIpc) is 3.36. The molecule has 0 aromatic heterocycles. The van der Waals surface area contributed by atoms with Crippen LogP contribution in [0.3, 0.4) is 0 Å². The van der Waals surface area contributed by atoms with Crippen molar-refractivity contribution in [2.45, 2.75) is 20.8 Å². The highest BCUT2D eigenvalue weighted by atomic mass is 16.2. The molecule has 0 radical (unpaired) electrons. The molecule has 3 atom stereocenters. The van der Waals surface area contributed by atoms with Gasteiger partial charge >= 0.3 is 0 Å². The largest absolute Gasteiger partial charge is 0.355 e. The number of para-hydroxylation sites is 1. The van der Waals surface area contributed by atoms with E-state index < -0.39 is 17.3 Å². The zero-order chi connectivity index (χ0) is 21.7. The van der Waals surface area contributed by atoms with E-state index in [4.69, 9.17) is 0 Å². The van der Waals surface area contributed by atoms with Crippen LogP contribution < -0.4 is 10.6 Å². The van der Waals surface area contributed by atoms with Crippen molar-refractivity contribution in [2.24, 2.45) is 22.7 Å². The Morgan fingerprint density at radius 1 is 1.20 bits per heavy atom. The van der Waals surface area contributed by atoms with Crippen LogP contribution >= 0.6 is 0 Å². The first-order valence-corrected chi connectivity index (χ1v) is 10.8. The number of nitrogens with zero attached hydrogens (tertiary/aromatic N) is 2. The fourth-order valence-corrected chi connectivity index (χ4v) is 5.04. The third-order valence-electron chi connectivity index (χ3n) is 6.99. The van der Waals surface area contributed by atoms with Crippen LogP contribution in [-0.2, 0) is 9.59 Å². The maximum Gasteiger partial charge on any atom is 0.229 e. The van der Waals surface area contributed by atoms with Gasteiger partial charge in [-0.3, -0.25) is 14.4 Å². The van der Waals surface area contributed by atoms with E-state index in [9.17, 15) is 14.4 Å². The molecule has 3 aliphatic rings. The van der Waals surface area contributed by atoms with Gasteiger partial charge in [0, 0.05) is 44.8 Å². The summed E-state index contributed by atoms with van der Waals surface area (Å²) in [6.45, 7) is 11.6. The van der Waals surface area contributed by atoms with Crippen LogP contribution in [0.4, 0.5) is 5.69 Å². The molecular formula is C23H32N4O3. The fourth-order valence-electron chi connectivity index (χ4n) is 5.04. The van der Waals surface area contributed by atoms with Crippen LogP contribution in [0.1, 0.15) is 31.1 Å². The molecular weight excluding hydrogens is 380 g/mol. The smallest absolute Gasteiger partial charge is 0.229 e. The van der Waals surface area contributed by atoms with E-state index in [1.807, 2.05) is 0 Å².